The number of alkyl halides is 3. The Morgan fingerprint density at radius 2 is 1.76 bits per heavy atom. The SMILES string of the molecule is O=C(NC1CC(O)(C(F)(F)F)C1)O[C@@H]1CCN(c2cn[nH]c(=O)c2Cl)C1.O=c1c(Cl)c(N2CC[C@@H](O)C2)cnn1C1CCCCO1. The number of nitrogens with one attached hydrogen (secondary N) is 2. The van der Waals surface area contributed by atoms with E-state index in [9.17, 15) is 37.8 Å². The number of anilines is 2. The van der Waals surface area contributed by atoms with Crippen molar-refractivity contribution in [1.29, 1.82) is 0 Å². The van der Waals surface area contributed by atoms with Gasteiger partial charge in [0, 0.05) is 51.5 Å². The number of rotatable bonds is 5. The van der Waals surface area contributed by atoms with Crippen LogP contribution in [0.2, 0.25) is 10.0 Å². The molecule has 19 heteroatoms. The van der Waals surface area contributed by atoms with Crippen LogP contribution in [0.4, 0.5) is 29.3 Å². The number of amides is 1. The molecule has 5 heterocycles. The van der Waals surface area contributed by atoms with Gasteiger partial charge in [-0.3, -0.25) is 9.59 Å². The van der Waals surface area contributed by atoms with Gasteiger partial charge in [0.05, 0.1) is 36.4 Å². The summed E-state index contributed by atoms with van der Waals surface area (Å²) < 4.78 is 49.7. The van der Waals surface area contributed by atoms with Crippen molar-refractivity contribution in [1.82, 2.24) is 25.3 Å². The molecule has 1 amide bonds. The highest BCUT2D eigenvalue weighted by Gasteiger charge is 2.61. The van der Waals surface area contributed by atoms with E-state index in [4.69, 9.17) is 32.7 Å². The monoisotopic (exact) mass is 695 g/mol. The summed E-state index contributed by atoms with van der Waals surface area (Å²) >= 11 is 12.1. The van der Waals surface area contributed by atoms with Crippen molar-refractivity contribution in [3.05, 3.63) is 43.1 Å². The number of aromatic nitrogens is 4. The Kier molecular flexibility index (Phi) is 10.4. The molecule has 2 aromatic heterocycles. The van der Waals surface area contributed by atoms with Gasteiger partial charge in [0.15, 0.2) is 11.8 Å². The van der Waals surface area contributed by atoms with Gasteiger partial charge >= 0.3 is 12.3 Å². The van der Waals surface area contributed by atoms with Crippen molar-refractivity contribution in [2.75, 3.05) is 42.6 Å². The Bertz CT molecular complexity index is 1520. The molecule has 0 radical (unpaired) electrons. The van der Waals surface area contributed by atoms with Crippen LogP contribution >= 0.6 is 23.2 Å². The lowest BCUT2D eigenvalue weighted by Gasteiger charge is -2.44. The molecule has 0 aromatic carbocycles. The third-order valence-corrected chi connectivity index (χ3v) is 9.13. The van der Waals surface area contributed by atoms with Crippen LogP contribution in [0.5, 0.6) is 0 Å². The molecule has 2 aromatic rings. The molecule has 3 atom stereocenters. The van der Waals surface area contributed by atoms with Crippen LogP contribution in [0.1, 0.15) is 51.2 Å². The lowest BCUT2D eigenvalue weighted by molar-refractivity contribution is -0.291. The molecule has 4 fully saturated rings. The van der Waals surface area contributed by atoms with Gasteiger partial charge in [-0.15, -0.1) is 0 Å². The number of aromatic amines is 1. The topological polar surface area (TPSA) is 175 Å². The zero-order valence-corrected chi connectivity index (χ0v) is 26.0. The number of alkyl carbamates (subject to hydrolysis) is 1. The summed E-state index contributed by atoms with van der Waals surface area (Å²) in [5.74, 6) is 0. The van der Waals surface area contributed by atoms with E-state index in [-0.39, 0.29) is 34.5 Å². The Hall–Kier alpha value is -3.12. The average Bonchev–Trinajstić information content (AvgIpc) is 3.64. The van der Waals surface area contributed by atoms with Gasteiger partial charge in [0.1, 0.15) is 16.1 Å². The Morgan fingerprint density at radius 3 is 2.41 bits per heavy atom. The van der Waals surface area contributed by atoms with E-state index in [1.165, 1.54) is 10.9 Å². The second-order valence-corrected chi connectivity index (χ2v) is 12.5. The van der Waals surface area contributed by atoms with Crippen molar-refractivity contribution in [2.24, 2.45) is 0 Å². The third kappa shape index (κ3) is 7.54. The molecule has 3 saturated heterocycles. The Balaban J connectivity index is 0.000000187. The number of aliphatic hydroxyl groups excluding tert-OH is 1. The molecule has 254 valence electrons. The minimum Gasteiger partial charge on any atom is -0.444 e. The maximum absolute atomic E-state index is 12.5. The number of hydrogen-bond donors (Lipinski definition) is 4. The van der Waals surface area contributed by atoms with Crippen LogP contribution in [0.25, 0.3) is 0 Å². The number of ether oxygens (including phenoxy) is 2. The first-order valence-electron chi connectivity index (χ1n) is 14.8. The summed E-state index contributed by atoms with van der Waals surface area (Å²) in [5.41, 5.74) is -2.60. The lowest BCUT2D eigenvalue weighted by atomic mass is 9.75. The van der Waals surface area contributed by atoms with Crippen LogP contribution in [0, 0.1) is 0 Å². The summed E-state index contributed by atoms with van der Waals surface area (Å²) in [7, 11) is 0. The molecular formula is C27H34Cl2F3N7O7. The van der Waals surface area contributed by atoms with Gasteiger partial charge in [-0.25, -0.2) is 9.89 Å². The first-order valence-corrected chi connectivity index (χ1v) is 15.6. The van der Waals surface area contributed by atoms with Crippen LogP contribution in [0.15, 0.2) is 22.0 Å². The highest BCUT2D eigenvalue weighted by Crippen LogP contribution is 2.45. The van der Waals surface area contributed by atoms with Gasteiger partial charge < -0.3 is 34.8 Å². The number of H-pyrrole nitrogens is 1. The minimum atomic E-state index is -4.72. The highest BCUT2D eigenvalue weighted by molar-refractivity contribution is 6.33. The van der Waals surface area contributed by atoms with Crippen molar-refractivity contribution in [3.63, 3.8) is 0 Å². The summed E-state index contributed by atoms with van der Waals surface area (Å²) in [6.07, 6.45) is -0.994. The molecule has 1 aliphatic carbocycles. The molecule has 0 spiro atoms. The zero-order chi connectivity index (χ0) is 33.2. The van der Waals surface area contributed by atoms with Gasteiger partial charge in [-0.1, -0.05) is 23.2 Å². The number of carbonyl (C=O) groups is 1. The van der Waals surface area contributed by atoms with Gasteiger partial charge in [-0.05, 0) is 25.7 Å². The van der Waals surface area contributed by atoms with E-state index in [2.05, 4.69) is 20.6 Å². The Morgan fingerprint density at radius 1 is 1.07 bits per heavy atom. The molecule has 6 rings (SSSR count). The molecule has 3 aliphatic heterocycles. The van der Waals surface area contributed by atoms with Gasteiger partial charge in [0.2, 0.25) is 0 Å². The standard InChI is InChI=1S/C14H16ClF3N4O4.C13H18ClN3O3/c15-10-9(5-19-21-11(10)23)22-2-1-8(6-22)26-12(24)20-7-3-13(25,4-7)14(16,17)18;14-12-10(16-5-4-9(18)8-16)7-15-17(13(12)19)11-3-1-2-6-20-11/h5,7-8,25H,1-4,6H2,(H,20,24)(H,21,23);7,9,11,18H,1-6,8H2/t7?,8-,13?;9-,11?/m11/s1. The van der Waals surface area contributed by atoms with Crippen LogP contribution in [0.3, 0.4) is 0 Å². The third-order valence-electron chi connectivity index (χ3n) is 8.41. The first-order chi connectivity index (χ1) is 21.8. The summed E-state index contributed by atoms with van der Waals surface area (Å²) in [6, 6.07) is -0.794. The number of halogens is 5. The van der Waals surface area contributed by atoms with E-state index in [0.29, 0.717) is 50.5 Å². The number of hydrogen-bond acceptors (Lipinski definition) is 11. The molecule has 1 saturated carbocycles. The molecule has 1 unspecified atom stereocenters. The fraction of sp³-hybridized carbons (Fsp3) is 0.667. The van der Waals surface area contributed by atoms with E-state index < -0.39 is 48.4 Å². The maximum atomic E-state index is 12.5. The van der Waals surface area contributed by atoms with E-state index in [0.717, 1.165) is 19.3 Å². The van der Waals surface area contributed by atoms with E-state index in [1.807, 2.05) is 4.90 Å². The van der Waals surface area contributed by atoms with E-state index in [1.54, 1.807) is 11.1 Å². The van der Waals surface area contributed by atoms with Crippen LogP contribution in [-0.2, 0) is 9.47 Å². The molecule has 4 N–H and O–H groups in total. The fourth-order valence-corrected chi connectivity index (χ4v) is 6.28. The smallest absolute Gasteiger partial charge is 0.417 e. The zero-order valence-electron chi connectivity index (χ0n) is 24.5. The number of carbonyl (C=O) groups excluding carboxylic acids is 1. The first kappa shape index (κ1) is 34.2. The molecule has 46 heavy (non-hydrogen) atoms. The van der Waals surface area contributed by atoms with Crippen molar-refractivity contribution < 1.29 is 37.7 Å². The van der Waals surface area contributed by atoms with Crippen molar-refractivity contribution in [3.8, 4) is 0 Å². The fourth-order valence-electron chi connectivity index (χ4n) is 5.82. The summed E-state index contributed by atoms with van der Waals surface area (Å²) in [4.78, 5) is 39.2. The summed E-state index contributed by atoms with van der Waals surface area (Å²) in [6.45, 7) is 2.57. The maximum Gasteiger partial charge on any atom is 0.417 e. The number of aliphatic hydroxyl groups is 2. The van der Waals surface area contributed by atoms with Gasteiger partial charge in [0.25, 0.3) is 11.1 Å². The molecule has 14 nitrogen and oxygen atoms in total. The van der Waals surface area contributed by atoms with E-state index >= 15 is 0 Å². The van der Waals surface area contributed by atoms with Gasteiger partial charge in [-0.2, -0.15) is 28.1 Å². The molecule has 4 aliphatic rings. The van der Waals surface area contributed by atoms with Crippen molar-refractivity contribution >= 4 is 40.7 Å². The largest absolute Gasteiger partial charge is 0.444 e. The Labute approximate surface area is 270 Å². The predicted octanol–water partition coefficient (Wildman–Crippen LogP) is 2.35. The molecule has 0 bridgehead atoms. The number of nitrogens with zero attached hydrogens (tertiary/aromatic N) is 5. The molecular weight excluding hydrogens is 662 g/mol. The highest BCUT2D eigenvalue weighted by atomic mass is 35.5. The van der Waals surface area contributed by atoms with Crippen LogP contribution < -0.4 is 26.2 Å². The second-order valence-electron chi connectivity index (χ2n) is 11.7. The number of β-amino-alcohol motifs (C(OH)–C–C–N with tert-alkyl or cyclic N) is 1. The van der Waals surface area contributed by atoms with Crippen LogP contribution in [-0.4, -0.2) is 99.1 Å². The normalized spacial score (nSPS) is 27.9. The second kappa shape index (κ2) is 13.9. The predicted molar refractivity (Wildman–Crippen MR) is 159 cm³/mol. The average molecular weight is 697 g/mol. The quantitative estimate of drug-likeness (QED) is 0.361. The van der Waals surface area contributed by atoms with Crippen molar-refractivity contribution in [2.45, 2.75) is 81.2 Å². The minimum absolute atomic E-state index is 0.0222. The lowest BCUT2D eigenvalue weighted by Crippen LogP contribution is -2.62. The summed E-state index contributed by atoms with van der Waals surface area (Å²) in [5, 5.41) is 31.4.